The first-order valence-electron chi connectivity index (χ1n) is 6.35. The molecule has 3 aromatic rings. The van der Waals surface area contributed by atoms with Crippen LogP contribution >= 0.6 is 11.6 Å². The SMILES string of the molecule is Nc1ccc(Cl)cc1C(=O)OCc1cc(-c2ccco2)on1. The second kappa shape index (κ2) is 5.95. The van der Waals surface area contributed by atoms with E-state index in [1.54, 1.807) is 30.3 Å². The van der Waals surface area contributed by atoms with E-state index in [1.165, 1.54) is 12.3 Å². The summed E-state index contributed by atoms with van der Waals surface area (Å²) in [5.74, 6) is 0.421. The number of rotatable bonds is 4. The van der Waals surface area contributed by atoms with Gasteiger partial charge in [-0.3, -0.25) is 0 Å². The Bertz CT molecular complexity index is 796. The molecule has 112 valence electrons. The van der Waals surface area contributed by atoms with Crippen molar-refractivity contribution in [2.45, 2.75) is 6.61 Å². The van der Waals surface area contributed by atoms with Crippen molar-refractivity contribution in [1.29, 1.82) is 0 Å². The van der Waals surface area contributed by atoms with Gasteiger partial charge in [0.1, 0.15) is 12.3 Å². The lowest BCUT2D eigenvalue weighted by atomic mass is 10.2. The number of nitrogens with two attached hydrogens (primary N) is 1. The van der Waals surface area contributed by atoms with E-state index in [0.29, 0.717) is 27.9 Å². The predicted octanol–water partition coefficient (Wildman–Crippen LogP) is 3.53. The minimum Gasteiger partial charge on any atom is -0.461 e. The van der Waals surface area contributed by atoms with Crippen LogP contribution in [0.5, 0.6) is 0 Å². The topological polar surface area (TPSA) is 91.5 Å². The monoisotopic (exact) mass is 318 g/mol. The highest BCUT2D eigenvalue weighted by Gasteiger charge is 2.14. The fourth-order valence-corrected chi connectivity index (χ4v) is 2.01. The van der Waals surface area contributed by atoms with Crippen LogP contribution in [0, 0.1) is 0 Å². The molecule has 2 aromatic heterocycles. The molecule has 7 heteroatoms. The van der Waals surface area contributed by atoms with Crippen LogP contribution in [0.4, 0.5) is 5.69 Å². The number of nitrogen functional groups attached to an aromatic ring is 1. The summed E-state index contributed by atoms with van der Waals surface area (Å²) < 4.78 is 15.4. The lowest BCUT2D eigenvalue weighted by molar-refractivity contribution is 0.0465. The zero-order chi connectivity index (χ0) is 15.5. The number of halogens is 1. The van der Waals surface area contributed by atoms with Crippen molar-refractivity contribution in [3.63, 3.8) is 0 Å². The summed E-state index contributed by atoms with van der Waals surface area (Å²) in [7, 11) is 0. The first kappa shape index (κ1) is 14.2. The number of carbonyl (C=O) groups is 1. The Morgan fingerprint density at radius 3 is 2.91 bits per heavy atom. The number of benzene rings is 1. The van der Waals surface area contributed by atoms with E-state index in [9.17, 15) is 4.79 Å². The number of carbonyl (C=O) groups excluding carboxylic acids is 1. The fourth-order valence-electron chi connectivity index (χ4n) is 1.84. The zero-order valence-electron chi connectivity index (χ0n) is 11.3. The van der Waals surface area contributed by atoms with Gasteiger partial charge in [0.25, 0.3) is 0 Å². The number of hydrogen-bond acceptors (Lipinski definition) is 6. The molecule has 6 nitrogen and oxygen atoms in total. The Hall–Kier alpha value is -2.73. The maximum Gasteiger partial charge on any atom is 0.340 e. The van der Waals surface area contributed by atoms with Gasteiger partial charge in [-0.05, 0) is 30.3 Å². The van der Waals surface area contributed by atoms with Crippen molar-refractivity contribution in [1.82, 2.24) is 5.16 Å². The first-order valence-corrected chi connectivity index (χ1v) is 6.73. The molecule has 0 aliphatic heterocycles. The van der Waals surface area contributed by atoms with Crippen LogP contribution in [0.15, 0.2) is 51.6 Å². The minimum absolute atomic E-state index is 0.0466. The first-order chi connectivity index (χ1) is 10.6. The molecule has 0 saturated heterocycles. The maximum atomic E-state index is 12.0. The summed E-state index contributed by atoms with van der Waals surface area (Å²) in [6, 6.07) is 9.71. The molecule has 0 aliphatic rings. The normalized spacial score (nSPS) is 10.6. The molecule has 1 aromatic carbocycles. The van der Waals surface area contributed by atoms with Gasteiger partial charge in [-0.15, -0.1) is 0 Å². The molecule has 0 amide bonds. The molecule has 2 N–H and O–H groups in total. The Morgan fingerprint density at radius 2 is 2.14 bits per heavy atom. The van der Waals surface area contributed by atoms with Crippen LogP contribution in [0.1, 0.15) is 16.1 Å². The summed E-state index contributed by atoms with van der Waals surface area (Å²) in [6.45, 7) is -0.0466. The summed E-state index contributed by atoms with van der Waals surface area (Å²) in [5.41, 5.74) is 6.69. The number of hydrogen-bond donors (Lipinski definition) is 1. The van der Waals surface area contributed by atoms with Crippen molar-refractivity contribution in [2.24, 2.45) is 0 Å². The Balaban J connectivity index is 1.67. The van der Waals surface area contributed by atoms with Gasteiger partial charge in [0, 0.05) is 16.8 Å². The second-order valence-corrected chi connectivity index (χ2v) is 4.90. The van der Waals surface area contributed by atoms with Gasteiger partial charge >= 0.3 is 5.97 Å². The van der Waals surface area contributed by atoms with Crippen LogP contribution in [0.2, 0.25) is 5.02 Å². The Kier molecular flexibility index (Phi) is 3.84. The van der Waals surface area contributed by atoms with E-state index >= 15 is 0 Å². The van der Waals surface area contributed by atoms with Crippen LogP contribution < -0.4 is 5.73 Å². The number of esters is 1. The van der Waals surface area contributed by atoms with Gasteiger partial charge < -0.3 is 19.4 Å². The molecule has 0 bridgehead atoms. The van der Waals surface area contributed by atoms with E-state index in [4.69, 9.17) is 31.0 Å². The van der Waals surface area contributed by atoms with Gasteiger partial charge in [-0.25, -0.2) is 4.79 Å². The highest BCUT2D eigenvalue weighted by molar-refractivity contribution is 6.31. The smallest absolute Gasteiger partial charge is 0.340 e. The molecule has 0 aliphatic carbocycles. The van der Waals surface area contributed by atoms with E-state index in [0.717, 1.165) is 0 Å². The molecular formula is C15H11ClN2O4. The molecule has 0 radical (unpaired) electrons. The second-order valence-electron chi connectivity index (χ2n) is 4.47. The number of furan rings is 1. The average Bonchev–Trinajstić information content (AvgIpc) is 3.17. The molecule has 0 fully saturated rings. The summed E-state index contributed by atoms with van der Waals surface area (Å²) in [6.07, 6.45) is 1.53. The summed E-state index contributed by atoms with van der Waals surface area (Å²) >= 11 is 5.84. The zero-order valence-corrected chi connectivity index (χ0v) is 12.0. The molecular weight excluding hydrogens is 308 g/mol. The van der Waals surface area contributed by atoms with Crippen molar-refractivity contribution in [3.05, 3.63) is 58.9 Å². The van der Waals surface area contributed by atoms with E-state index in [-0.39, 0.29) is 12.2 Å². The van der Waals surface area contributed by atoms with Gasteiger partial charge in [-0.1, -0.05) is 16.8 Å². The lowest BCUT2D eigenvalue weighted by Crippen LogP contribution is -2.08. The fraction of sp³-hybridized carbons (Fsp3) is 0.0667. The van der Waals surface area contributed by atoms with Crippen LogP contribution in [0.25, 0.3) is 11.5 Å². The lowest BCUT2D eigenvalue weighted by Gasteiger charge is -2.05. The summed E-state index contributed by atoms with van der Waals surface area (Å²) in [5, 5.41) is 4.21. The van der Waals surface area contributed by atoms with Crippen molar-refractivity contribution >= 4 is 23.3 Å². The number of anilines is 1. The number of ether oxygens (including phenoxy) is 1. The molecule has 0 unspecified atom stereocenters. The van der Waals surface area contributed by atoms with Crippen molar-refractivity contribution in [2.75, 3.05) is 5.73 Å². The van der Waals surface area contributed by atoms with Gasteiger partial charge in [0.2, 0.25) is 5.76 Å². The van der Waals surface area contributed by atoms with Gasteiger partial charge in [0.05, 0.1) is 11.8 Å². The molecule has 0 saturated carbocycles. The number of nitrogens with zero attached hydrogens (tertiary/aromatic N) is 1. The average molecular weight is 319 g/mol. The maximum absolute atomic E-state index is 12.0. The highest BCUT2D eigenvalue weighted by Crippen LogP contribution is 2.22. The highest BCUT2D eigenvalue weighted by atomic mass is 35.5. The summed E-state index contributed by atoms with van der Waals surface area (Å²) in [4.78, 5) is 12.0. The third-order valence-electron chi connectivity index (χ3n) is 2.91. The molecule has 3 rings (SSSR count). The Morgan fingerprint density at radius 1 is 1.27 bits per heavy atom. The van der Waals surface area contributed by atoms with E-state index in [1.807, 2.05) is 0 Å². The van der Waals surface area contributed by atoms with Crippen LogP contribution in [-0.4, -0.2) is 11.1 Å². The molecule has 0 spiro atoms. The Labute approximate surface area is 130 Å². The molecule has 22 heavy (non-hydrogen) atoms. The quantitative estimate of drug-likeness (QED) is 0.584. The van der Waals surface area contributed by atoms with Crippen LogP contribution in [-0.2, 0) is 11.3 Å². The molecule has 0 atom stereocenters. The standard InChI is InChI=1S/C15H11ClN2O4/c16-9-3-4-12(17)11(6-9)15(19)21-8-10-7-14(22-18-10)13-2-1-5-20-13/h1-7H,8,17H2. The molecule has 2 heterocycles. The van der Waals surface area contributed by atoms with Crippen molar-refractivity contribution < 1.29 is 18.5 Å². The van der Waals surface area contributed by atoms with Gasteiger partial charge in [0.15, 0.2) is 5.76 Å². The van der Waals surface area contributed by atoms with E-state index in [2.05, 4.69) is 5.16 Å². The van der Waals surface area contributed by atoms with Gasteiger partial charge in [-0.2, -0.15) is 0 Å². The minimum atomic E-state index is -0.581. The predicted molar refractivity (Wildman–Crippen MR) is 79.2 cm³/mol. The number of aromatic nitrogens is 1. The van der Waals surface area contributed by atoms with Crippen LogP contribution in [0.3, 0.4) is 0 Å². The largest absolute Gasteiger partial charge is 0.461 e. The van der Waals surface area contributed by atoms with Crippen molar-refractivity contribution in [3.8, 4) is 11.5 Å². The third-order valence-corrected chi connectivity index (χ3v) is 3.14. The third kappa shape index (κ3) is 2.96. The van der Waals surface area contributed by atoms with E-state index < -0.39 is 5.97 Å².